The summed E-state index contributed by atoms with van der Waals surface area (Å²) < 4.78 is 6.12. The van der Waals surface area contributed by atoms with E-state index < -0.39 is 0 Å². The lowest BCUT2D eigenvalue weighted by Crippen LogP contribution is -2.13. The number of amides is 1. The van der Waals surface area contributed by atoms with Crippen molar-refractivity contribution in [1.29, 1.82) is 0 Å². The van der Waals surface area contributed by atoms with Gasteiger partial charge >= 0.3 is 0 Å². The van der Waals surface area contributed by atoms with Crippen LogP contribution in [0.5, 0.6) is 11.5 Å². The van der Waals surface area contributed by atoms with E-state index in [1.54, 1.807) is 12.1 Å². The summed E-state index contributed by atoms with van der Waals surface area (Å²) >= 11 is 1.45. The highest BCUT2D eigenvalue weighted by Crippen LogP contribution is 2.33. The molecule has 0 aliphatic rings. The molecule has 6 heteroatoms. The van der Waals surface area contributed by atoms with Crippen molar-refractivity contribution in [2.45, 2.75) is 6.42 Å². The first-order valence-electron chi connectivity index (χ1n) is 6.62. The maximum absolute atomic E-state index is 11.0. The number of thiazole rings is 1. The molecule has 0 radical (unpaired) electrons. The third-order valence-electron chi connectivity index (χ3n) is 3.27. The van der Waals surface area contributed by atoms with Crippen LogP contribution in [-0.4, -0.2) is 23.1 Å². The Labute approximate surface area is 131 Å². The van der Waals surface area contributed by atoms with Gasteiger partial charge in [-0.25, -0.2) is 4.98 Å². The Morgan fingerprint density at radius 2 is 2.00 bits per heavy atom. The summed E-state index contributed by atoms with van der Waals surface area (Å²) in [7, 11) is 1.52. The van der Waals surface area contributed by atoms with Crippen LogP contribution in [0.15, 0.2) is 36.4 Å². The van der Waals surface area contributed by atoms with Crippen molar-refractivity contribution in [2.75, 3.05) is 7.11 Å². The molecule has 1 heterocycles. The molecule has 3 aromatic rings. The quantitative estimate of drug-likeness (QED) is 0.775. The van der Waals surface area contributed by atoms with Crippen molar-refractivity contribution in [3.05, 3.63) is 41.4 Å². The molecular formula is C16H14N2O3S. The van der Waals surface area contributed by atoms with Crippen LogP contribution < -0.4 is 10.5 Å². The molecule has 3 N–H and O–H groups in total. The Hall–Kier alpha value is -2.60. The number of primary amides is 1. The summed E-state index contributed by atoms with van der Waals surface area (Å²) in [5, 5.41) is 10.4. The van der Waals surface area contributed by atoms with Gasteiger partial charge in [0.1, 0.15) is 5.01 Å². The number of methoxy groups -OCH3 is 1. The molecule has 0 unspecified atom stereocenters. The zero-order valence-electron chi connectivity index (χ0n) is 11.9. The number of hydrogen-bond acceptors (Lipinski definition) is 5. The molecule has 0 atom stereocenters. The minimum Gasteiger partial charge on any atom is -0.504 e. The van der Waals surface area contributed by atoms with Crippen molar-refractivity contribution in [2.24, 2.45) is 5.73 Å². The molecule has 0 spiro atoms. The summed E-state index contributed by atoms with van der Waals surface area (Å²) in [6.45, 7) is 0. The van der Waals surface area contributed by atoms with Crippen LogP contribution in [0.4, 0.5) is 0 Å². The molecule has 0 bridgehead atoms. The second kappa shape index (κ2) is 5.65. The van der Waals surface area contributed by atoms with Gasteiger partial charge in [-0.2, -0.15) is 0 Å². The van der Waals surface area contributed by atoms with Gasteiger partial charge in [-0.3, -0.25) is 4.79 Å². The van der Waals surface area contributed by atoms with Gasteiger partial charge in [-0.05, 0) is 35.4 Å². The number of benzene rings is 2. The fourth-order valence-electron chi connectivity index (χ4n) is 2.23. The fraction of sp³-hybridized carbons (Fsp3) is 0.125. The molecule has 112 valence electrons. The third kappa shape index (κ3) is 2.73. The largest absolute Gasteiger partial charge is 0.504 e. The number of fused-ring (bicyclic) bond motifs is 1. The second-order valence-electron chi connectivity index (χ2n) is 4.82. The van der Waals surface area contributed by atoms with E-state index >= 15 is 0 Å². The van der Waals surface area contributed by atoms with Crippen molar-refractivity contribution in [1.82, 2.24) is 4.98 Å². The fourth-order valence-corrected chi connectivity index (χ4v) is 3.25. The van der Waals surface area contributed by atoms with E-state index in [4.69, 9.17) is 10.5 Å². The SMILES string of the molecule is COc1cc(-c2ccc3nc(CC(N)=O)sc3c2)ccc1O. The van der Waals surface area contributed by atoms with E-state index in [-0.39, 0.29) is 18.1 Å². The van der Waals surface area contributed by atoms with E-state index in [0.717, 1.165) is 21.3 Å². The number of ether oxygens (including phenoxy) is 1. The number of nitrogens with two attached hydrogens (primary N) is 1. The predicted octanol–water partition coefficient (Wildman–Crippen LogP) is 2.71. The van der Waals surface area contributed by atoms with Crippen LogP contribution in [0.1, 0.15) is 5.01 Å². The lowest BCUT2D eigenvalue weighted by Gasteiger charge is -2.06. The monoisotopic (exact) mass is 314 g/mol. The van der Waals surface area contributed by atoms with E-state index in [0.29, 0.717) is 10.8 Å². The van der Waals surface area contributed by atoms with Crippen LogP contribution in [0.25, 0.3) is 21.3 Å². The predicted molar refractivity (Wildman–Crippen MR) is 86.2 cm³/mol. The number of phenolic OH excluding ortho intramolecular Hbond substituents is 1. The van der Waals surface area contributed by atoms with Gasteiger partial charge in [0, 0.05) is 0 Å². The number of nitrogens with zero attached hydrogens (tertiary/aromatic N) is 1. The molecule has 0 aliphatic carbocycles. The van der Waals surface area contributed by atoms with Crippen molar-refractivity contribution in [3.63, 3.8) is 0 Å². The minimum atomic E-state index is -0.387. The molecule has 5 nitrogen and oxygen atoms in total. The molecule has 1 amide bonds. The highest BCUT2D eigenvalue weighted by atomic mass is 32.1. The lowest BCUT2D eigenvalue weighted by molar-refractivity contribution is -0.117. The van der Waals surface area contributed by atoms with E-state index in [2.05, 4.69) is 4.98 Å². The normalized spacial score (nSPS) is 10.8. The number of phenols is 1. The van der Waals surface area contributed by atoms with Crippen LogP contribution >= 0.6 is 11.3 Å². The second-order valence-corrected chi connectivity index (χ2v) is 5.94. The van der Waals surface area contributed by atoms with Crippen LogP contribution in [0.3, 0.4) is 0 Å². The Morgan fingerprint density at radius 3 is 2.73 bits per heavy atom. The van der Waals surface area contributed by atoms with Gasteiger partial charge in [0.15, 0.2) is 11.5 Å². The number of hydrogen-bond donors (Lipinski definition) is 2. The van der Waals surface area contributed by atoms with Gasteiger partial charge in [0.05, 0.1) is 23.7 Å². The van der Waals surface area contributed by atoms with Crippen LogP contribution in [0, 0.1) is 0 Å². The molecular weight excluding hydrogens is 300 g/mol. The Bertz CT molecular complexity index is 858. The highest BCUT2D eigenvalue weighted by molar-refractivity contribution is 7.18. The Kier molecular flexibility index (Phi) is 3.68. The molecule has 22 heavy (non-hydrogen) atoms. The summed E-state index contributed by atoms with van der Waals surface area (Å²) in [5.74, 6) is 0.146. The van der Waals surface area contributed by atoms with Crippen molar-refractivity contribution in [3.8, 4) is 22.6 Å². The summed E-state index contributed by atoms with van der Waals surface area (Å²) in [4.78, 5) is 15.4. The van der Waals surface area contributed by atoms with Gasteiger partial charge in [0.2, 0.25) is 5.91 Å². The highest BCUT2D eigenvalue weighted by Gasteiger charge is 2.09. The van der Waals surface area contributed by atoms with Crippen LogP contribution in [0.2, 0.25) is 0 Å². The number of rotatable bonds is 4. The summed E-state index contributed by atoms with van der Waals surface area (Å²) in [6, 6.07) is 11.1. The van der Waals surface area contributed by atoms with Gasteiger partial charge in [0.25, 0.3) is 0 Å². The van der Waals surface area contributed by atoms with Gasteiger partial charge in [-0.1, -0.05) is 12.1 Å². The molecule has 0 saturated carbocycles. The van der Waals surface area contributed by atoms with E-state index in [9.17, 15) is 9.90 Å². The number of aromatic hydroxyl groups is 1. The molecule has 2 aromatic carbocycles. The standard InChI is InChI=1S/C16H14N2O3S/c1-21-13-6-9(3-5-12(13)19)10-2-4-11-14(7-10)22-16(18-11)8-15(17)20/h2-7,19H,8H2,1H3,(H2,17,20). The number of carbonyl (C=O) groups is 1. The molecule has 3 rings (SSSR count). The zero-order chi connectivity index (χ0) is 15.7. The average Bonchev–Trinajstić information content (AvgIpc) is 2.88. The third-order valence-corrected chi connectivity index (χ3v) is 4.29. The molecule has 1 aromatic heterocycles. The van der Waals surface area contributed by atoms with Gasteiger partial charge in [-0.15, -0.1) is 11.3 Å². The minimum absolute atomic E-state index is 0.105. The molecule has 0 fully saturated rings. The Balaban J connectivity index is 2.02. The first kappa shape index (κ1) is 14.3. The average molecular weight is 314 g/mol. The lowest BCUT2D eigenvalue weighted by atomic mass is 10.1. The first-order chi connectivity index (χ1) is 10.6. The smallest absolute Gasteiger partial charge is 0.224 e. The number of carbonyl (C=O) groups excluding carboxylic acids is 1. The maximum Gasteiger partial charge on any atom is 0.224 e. The number of aromatic nitrogens is 1. The maximum atomic E-state index is 11.0. The van der Waals surface area contributed by atoms with Crippen molar-refractivity contribution >= 4 is 27.5 Å². The first-order valence-corrected chi connectivity index (χ1v) is 7.43. The van der Waals surface area contributed by atoms with E-state index in [1.165, 1.54) is 18.4 Å². The molecule has 0 saturated heterocycles. The topological polar surface area (TPSA) is 85.4 Å². The Morgan fingerprint density at radius 1 is 1.27 bits per heavy atom. The molecule has 0 aliphatic heterocycles. The van der Waals surface area contributed by atoms with Gasteiger partial charge < -0.3 is 15.6 Å². The van der Waals surface area contributed by atoms with Crippen molar-refractivity contribution < 1.29 is 14.6 Å². The van der Waals surface area contributed by atoms with E-state index in [1.807, 2.05) is 24.3 Å². The summed E-state index contributed by atoms with van der Waals surface area (Å²) in [5.41, 5.74) is 7.96. The zero-order valence-corrected chi connectivity index (χ0v) is 12.7. The van der Waals surface area contributed by atoms with Crippen LogP contribution in [-0.2, 0) is 11.2 Å². The summed E-state index contributed by atoms with van der Waals surface area (Å²) in [6.07, 6.45) is 0.154.